The molecule has 1 saturated carbocycles. The highest BCUT2D eigenvalue weighted by Gasteiger charge is 2.43. The predicted molar refractivity (Wildman–Crippen MR) is 93.8 cm³/mol. The van der Waals surface area contributed by atoms with Gasteiger partial charge in [-0.2, -0.15) is 0 Å². The third-order valence-corrected chi connectivity index (χ3v) is 8.45. The molecule has 2 heterocycles. The first kappa shape index (κ1) is 18.1. The second kappa shape index (κ2) is 6.92. The average Bonchev–Trinajstić information content (AvgIpc) is 3.25. The summed E-state index contributed by atoms with van der Waals surface area (Å²) in [6, 6.07) is 0. The van der Waals surface area contributed by atoms with Gasteiger partial charge in [0.05, 0.1) is 5.25 Å². The smallest absolute Gasteiger partial charge is 0.225 e. The Balaban J connectivity index is 1.66. The van der Waals surface area contributed by atoms with Gasteiger partial charge in [-0.1, -0.05) is 19.8 Å². The Labute approximate surface area is 145 Å². The minimum absolute atomic E-state index is 0.110. The maximum Gasteiger partial charge on any atom is 0.225 e. The molecule has 3 rings (SSSR count). The Hall–Kier alpha value is -0.660. The van der Waals surface area contributed by atoms with E-state index in [1.165, 1.54) is 0 Å². The molecule has 1 amide bonds. The zero-order valence-corrected chi connectivity index (χ0v) is 15.6. The normalized spacial score (nSPS) is 33.2. The van der Waals surface area contributed by atoms with Gasteiger partial charge < -0.3 is 10.6 Å². The second-order valence-corrected chi connectivity index (χ2v) is 10.4. The predicted octanol–water partition coefficient (Wildman–Crippen LogP) is 1.17. The van der Waals surface area contributed by atoms with Gasteiger partial charge in [-0.3, -0.25) is 4.79 Å². The highest BCUT2D eigenvalue weighted by Crippen LogP contribution is 2.34. The van der Waals surface area contributed by atoms with Gasteiger partial charge in [0, 0.05) is 32.1 Å². The first-order chi connectivity index (χ1) is 11.4. The van der Waals surface area contributed by atoms with Crippen molar-refractivity contribution in [3.8, 4) is 0 Å². The number of piperidine rings is 1. The number of likely N-dealkylation sites (tertiary alicyclic amines) is 1. The molecule has 2 N–H and O–H groups in total. The van der Waals surface area contributed by atoms with Crippen LogP contribution >= 0.6 is 0 Å². The molecule has 0 spiro atoms. The second-order valence-electron chi connectivity index (χ2n) is 8.17. The topological polar surface area (TPSA) is 83.7 Å². The van der Waals surface area contributed by atoms with E-state index < -0.39 is 15.3 Å². The first-order valence-electron chi connectivity index (χ1n) is 9.33. The molecule has 3 fully saturated rings. The summed E-state index contributed by atoms with van der Waals surface area (Å²) in [6.07, 6.45) is 6.44. The standard InChI is InChI=1S/C17H31N3O3S/c1-17(12-18)8-10-20(13-17)24(22,23)15-7-4-9-19(11-15)16(21)14-5-2-3-6-14/h14-15H,2-13,18H2,1H3. The van der Waals surface area contributed by atoms with Crippen LogP contribution in [0.1, 0.15) is 51.9 Å². The van der Waals surface area contributed by atoms with Gasteiger partial charge in [0.15, 0.2) is 0 Å². The molecule has 0 aromatic rings. The molecule has 2 atom stereocenters. The zero-order chi connectivity index (χ0) is 17.4. The van der Waals surface area contributed by atoms with E-state index in [1.807, 2.05) is 4.90 Å². The number of carbonyl (C=O) groups excluding carboxylic acids is 1. The van der Waals surface area contributed by atoms with Crippen LogP contribution in [0.5, 0.6) is 0 Å². The van der Waals surface area contributed by atoms with Crippen molar-refractivity contribution in [2.45, 2.75) is 57.1 Å². The van der Waals surface area contributed by atoms with Crippen LogP contribution in [0.3, 0.4) is 0 Å². The molecular formula is C17H31N3O3S. The van der Waals surface area contributed by atoms with Crippen LogP contribution in [0.25, 0.3) is 0 Å². The summed E-state index contributed by atoms with van der Waals surface area (Å²) in [5, 5.41) is -0.447. The molecule has 2 saturated heterocycles. The molecule has 2 unspecified atom stereocenters. The van der Waals surface area contributed by atoms with Crippen LogP contribution in [0.15, 0.2) is 0 Å². The number of sulfonamides is 1. The summed E-state index contributed by atoms with van der Waals surface area (Å²) in [6.45, 7) is 4.71. The van der Waals surface area contributed by atoms with Gasteiger partial charge in [-0.25, -0.2) is 12.7 Å². The van der Waals surface area contributed by atoms with Crippen molar-refractivity contribution in [3.05, 3.63) is 0 Å². The van der Waals surface area contributed by atoms with Crippen molar-refractivity contribution in [2.24, 2.45) is 17.1 Å². The number of nitrogens with zero attached hydrogens (tertiary/aromatic N) is 2. The van der Waals surface area contributed by atoms with E-state index >= 15 is 0 Å². The molecule has 7 heteroatoms. The molecule has 138 valence electrons. The SMILES string of the molecule is CC1(CN)CCN(S(=O)(=O)C2CCCN(C(=O)C3CCCC3)C2)C1. The largest absolute Gasteiger partial charge is 0.341 e. The summed E-state index contributed by atoms with van der Waals surface area (Å²) < 4.78 is 27.7. The number of nitrogens with two attached hydrogens (primary N) is 1. The number of carbonyl (C=O) groups is 1. The fourth-order valence-corrected chi connectivity index (χ4v) is 6.48. The maximum atomic E-state index is 13.0. The fourth-order valence-electron chi connectivity index (χ4n) is 4.39. The molecule has 2 aliphatic heterocycles. The van der Waals surface area contributed by atoms with Gasteiger partial charge in [0.25, 0.3) is 0 Å². The minimum Gasteiger partial charge on any atom is -0.341 e. The first-order valence-corrected chi connectivity index (χ1v) is 10.8. The van der Waals surface area contributed by atoms with Crippen molar-refractivity contribution in [1.82, 2.24) is 9.21 Å². The number of hydrogen-bond acceptors (Lipinski definition) is 4. The van der Waals surface area contributed by atoms with E-state index in [1.54, 1.807) is 4.31 Å². The van der Waals surface area contributed by atoms with Crippen molar-refractivity contribution in [1.29, 1.82) is 0 Å². The van der Waals surface area contributed by atoms with E-state index in [9.17, 15) is 13.2 Å². The van der Waals surface area contributed by atoms with Gasteiger partial charge in [0.1, 0.15) is 0 Å². The van der Waals surface area contributed by atoms with Crippen LogP contribution in [0, 0.1) is 11.3 Å². The third kappa shape index (κ3) is 3.48. The van der Waals surface area contributed by atoms with Gasteiger partial charge in [0.2, 0.25) is 15.9 Å². The van der Waals surface area contributed by atoms with E-state index in [-0.39, 0.29) is 17.2 Å². The molecule has 0 aromatic carbocycles. The maximum absolute atomic E-state index is 13.0. The lowest BCUT2D eigenvalue weighted by Crippen LogP contribution is -2.50. The molecule has 0 aromatic heterocycles. The Morgan fingerprint density at radius 2 is 1.88 bits per heavy atom. The number of hydrogen-bond donors (Lipinski definition) is 1. The average molecular weight is 358 g/mol. The Morgan fingerprint density at radius 1 is 1.17 bits per heavy atom. The van der Waals surface area contributed by atoms with Gasteiger partial charge in [-0.15, -0.1) is 0 Å². The van der Waals surface area contributed by atoms with Crippen LogP contribution in [-0.4, -0.2) is 61.5 Å². The lowest BCUT2D eigenvalue weighted by atomic mass is 9.90. The molecular weight excluding hydrogens is 326 g/mol. The molecule has 0 bridgehead atoms. The molecule has 0 radical (unpaired) electrons. The van der Waals surface area contributed by atoms with Crippen molar-refractivity contribution in [2.75, 3.05) is 32.7 Å². The van der Waals surface area contributed by atoms with Crippen molar-refractivity contribution < 1.29 is 13.2 Å². The van der Waals surface area contributed by atoms with E-state index in [4.69, 9.17) is 5.73 Å². The van der Waals surface area contributed by atoms with E-state index in [0.717, 1.165) is 38.5 Å². The van der Waals surface area contributed by atoms with Crippen molar-refractivity contribution >= 4 is 15.9 Å². The zero-order valence-electron chi connectivity index (χ0n) is 14.7. The third-order valence-electron chi connectivity index (χ3n) is 6.19. The quantitative estimate of drug-likeness (QED) is 0.818. The number of rotatable bonds is 4. The number of amides is 1. The molecule has 1 aliphatic carbocycles. The van der Waals surface area contributed by atoms with Gasteiger partial charge >= 0.3 is 0 Å². The highest BCUT2D eigenvalue weighted by atomic mass is 32.2. The summed E-state index contributed by atoms with van der Waals surface area (Å²) in [5.74, 6) is 0.305. The monoisotopic (exact) mass is 357 g/mol. The van der Waals surface area contributed by atoms with Crippen molar-refractivity contribution in [3.63, 3.8) is 0 Å². The van der Waals surface area contributed by atoms with Crippen LogP contribution < -0.4 is 5.73 Å². The Morgan fingerprint density at radius 3 is 2.50 bits per heavy atom. The minimum atomic E-state index is -3.35. The molecule has 3 aliphatic rings. The highest BCUT2D eigenvalue weighted by molar-refractivity contribution is 7.89. The molecule has 6 nitrogen and oxygen atoms in total. The van der Waals surface area contributed by atoms with E-state index in [0.29, 0.717) is 39.1 Å². The lowest BCUT2D eigenvalue weighted by molar-refractivity contribution is -0.136. The lowest BCUT2D eigenvalue weighted by Gasteiger charge is -2.36. The van der Waals surface area contributed by atoms with Gasteiger partial charge in [-0.05, 0) is 44.1 Å². The summed E-state index contributed by atoms with van der Waals surface area (Å²) in [4.78, 5) is 14.5. The molecule has 24 heavy (non-hydrogen) atoms. The van der Waals surface area contributed by atoms with Crippen LogP contribution in [0.2, 0.25) is 0 Å². The Kier molecular flexibility index (Phi) is 5.23. The Bertz CT molecular complexity index is 574. The fraction of sp³-hybridized carbons (Fsp3) is 0.941. The summed E-state index contributed by atoms with van der Waals surface area (Å²) in [5.41, 5.74) is 5.70. The van der Waals surface area contributed by atoms with Crippen LogP contribution in [-0.2, 0) is 14.8 Å². The summed E-state index contributed by atoms with van der Waals surface area (Å²) >= 11 is 0. The van der Waals surface area contributed by atoms with Crippen LogP contribution in [0.4, 0.5) is 0 Å². The summed E-state index contributed by atoms with van der Waals surface area (Å²) in [7, 11) is -3.35. The van der Waals surface area contributed by atoms with E-state index in [2.05, 4.69) is 6.92 Å².